The van der Waals surface area contributed by atoms with Gasteiger partial charge in [-0.1, -0.05) is 6.07 Å². The molecule has 2 amide bonds. The molecule has 0 saturated carbocycles. The molecule has 1 aromatic carbocycles. The van der Waals surface area contributed by atoms with E-state index in [1.54, 1.807) is 0 Å². The highest BCUT2D eigenvalue weighted by molar-refractivity contribution is 5.89. The van der Waals surface area contributed by atoms with Crippen LogP contribution in [0, 0.1) is 20.8 Å². The topological polar surface area (TPSA) is 91.0 Å². The van der Waals surface area contributed by atoms with Gasteiger partial charge in [0, 0.05) is 31.4 Å². The molecular weight excluding hydrogens is 316 g/mol. The van der Waals surface area contributed by atoms with E-state index in [1.165, 1.54) is 0 Å². The molecule has 0 aliphatic carbocycles. The van der Waals surface area contributed by atoms with Gasteiger partial charge in [-0.05, 0) is 51.0 Å². The summed E-state index contributed by atoms with van der Waals surface area (Å²) in [6.45, 7) is 9.73. The van der Waals surface area contributed by atoms with Crippen LogP contribution < -0.4 is 21.3 Å². The maximum Gasteiger partial charge on any atom is 0.319 e. The van der Waals surface area contributed by atoms with Crippen LogP contribution in [0.25, 0.3) is 0 Å². The second-order valence-corrected chi connectivity index (χ2v) is 5.90. The molecule has 0 unspecified atom stereocenters. The van der Waals surface area contributed by atoms with Gasteiger partial charge in [-0.3, -0.25) is 0 Å². The van der Waals surface area contributed by atoms with Gasteiger partial charge in [0.05, 0.1) is 0 Å². The molecule has 0 aliphatic heterocycles. The van der Waals surface area contributed by atoms with Gasteiger partial charge in [-0.25, -0.2) is 14.8 Å². The molecule has 2 rings (SSSR count). The van der Waals surface area contributed by atoms with Crippen molar-refractivity contribution in [1.29, 1.82) is 0 Å². The molecule has 2 aromatic rings. The van der Waals surface area contributed by atoms with E-state index in [0.717, 1.165) is 35.0 Å². The molecule has 1 aromatic heterocycles. The van der Waals surface area contributed by atoms with E-state index < -0.39 is 0 Å². The van der Waals surface area contributed by atoms with Crippen LogP contribution in [0.15, 0.2) is 24.3 Å². The van der Waals surface area contributed by atoms with E-state index in [4.69, 9.17) is 0 Å². The van der Waals surface area contributed by atoms with Gasteiger partial charge in [-0.15, -0.1) is 0 Å². The first-order valence-electron chi connectivity index (χ1n) is 8.43. The Morgan fingerprint density at radius 1 is 0.920 bits per heavy atom. The van der Waals surface area contributed by atoms with Crippen molar-refractivity contribution >= 4 is 23.4 Å². The van der Waals surface area contributed by atoms with E-state index in [1.807, 2.05) is 45.9 Å². The van der Waals surface area contributed by atoms with Crippen molar-refractivity contribution in [2.75, 3.05) is 35.6 Å². The summed E-state index contributed by atoms with van der Waals surface area (Å²) in [5, 5.41) is 12.0. The normalized spacial score (nSPS) is 10.2. The molecule has 0 bridgehead atoms. The number of aromatic nitrogens is 2. The fraction of sp³-hybridized carbons (Fsp3) is 0.389. The van der Waals surface area contributed by atoms with E-state index in [0.29, 0.717) is 18.9 Å². The van der Waals surface area contributed by atoms with E-state index in [2.05, 4.69) is 37.3 Å². The number of urea groups is 1. The predicted molar refractivity (Wildman–Crippen MR) is 102 cm³/mol. The summed E-state index contributed by atoms with van der Waals surface area (Å²) < 4.78 is 0. The summed E-state index contributed by atoms with van der Waals surface area (Å²) in [4.78, 5) is 20.6. The van der Waals surface area contributed by atoms with Crippen molar-refractivity contribution in [3.05, 3.63) is 41.2 Å². The van der Waals surface area contributed by atoms with Crippen LogP contribution in [0.3, 0.4) is 0 Å². The Bertz CT molecular complexity index is 711. The lowest BCUT2D eigenvalue weighted by Crippen LogP contribution is -2.32. The minimum Gasteiger partial charge on any atom is -0.370 e. The third-order valence-electron chi connectivity index (χ3n) is 3.39. The first-order chi connectivity index (χ1) is 12.0. The van der Waals surface area contributed by atoms with Crippen LogP contribution in [0.1, 0.15) is 23.9 Å². The van der Waals surface area contributed by atoms with Gasteiger partial charge in [0.1, 0.15) is 17.5 Å². The number of rotatable bonds is 7. The van der Waals surface area contributed by atoms with E-state index >= 15 is 0 Å². The maximum absolute atomic E-state index is 12.0. The van der Waals surface area contributed by atoms with Gasteiger partial charge in [0.25, 0.3) is 0 Å². The number of carbonyl (C=O) groups excluding carboxylic acids is 1. The smallest absolute Gasteiger partial charge is 0.319 e. The predicted octanol–water partition coefficient (Wildman–Crippen LogP) is 3.07. The van der Waals surface area contributed by atoms with Crippen molar-refractivity contribution in [2.24, 2.45) is 0 Å². The van der Waals surface area contributed by atoms with Crippen molar-refractivity contribution in [3.8, 4) is 0 Å². The Labute approximate surface area is 148 Å². The molecule has 25 heavy (non-hydrogen) atoms. The van der Waals surface area contributed by atoms with Gasteiger partial charge in [-0.2, -0.15) is 0 Å². The molecule has 1 heterocycles. The Balaban J connectivity index is 1.78. The van der Waals surface area contributed by atoms with Crippen molar-refractivity contribution in [3.63, 3.8) is 0 Å². The SMILES string of the molecule is CCNc1cc(NCCNC(=O)Nc2cc(C)cc(C)c2)nc(C)n1. The zero-order valence-electron chi connectivity index (χ0n) is 15.2. The summed E-state index contributed by atoms with van der Waals surface area (Å²) in [5.41, 5.74) is 3.03. The highest BCUT2D eigenvalue weighted by atomic mass is 16.2. The Kier molecular flexibility index (Phi) is 6.56. The number of anilines is 3. The molecule has 7 nitrogen and oxygen atoms in total. The number of benzene rings is 1. The third kappa shape index (κ3) is 6.29. The fourth-order valence-corrected chi connectivity index (χ4v) is 2.52. The molecule has 134 valence electrons. The lowest BCUT2D eigenvalue weighted by atomic mass is 10.1. The van der Waals surface area contributed by atoms with E-state index in [9.17, 15) is 4.79 Å². The second kappa shape index (κ2) is 8.86. The zero-order valence-corrected chi connectivity index (χ0v) is 15.2. The molecule has 0 fully saturated rings. The largest absolute Gasteiger partial charge is 0.370 e. The first kappa shape index (κ1) is 18.5. The van der Waals surface area contributed by atoms with Crippen molar-refractivity contribution in [1.82, 2.24) is 15.3 Å². The van der Waals surface area contributed by atoms with Gasteiger partial charge < -0.3 is 21.3 Å². The Morgan fingerprint density at radius 2 is 1.56 bits per heavy atom. The van der Waals surface area contributed by atoms with Gasteiger partial charge in [0.15, 0.2) is 0 Å². The lowest BCUT2D eigenvalue weighted by molar-refractivity contribution is 0.252. The van der Waals surface area contributed by atoms with Gasteiger partial charge >= 0.3 is 6.03 Å². The summed E-state index contributed by atoms with van der Waals surface area (Å²) in [5.74, 6) is 2.22. The van der Waals surface area contributed by atoms with Crippen LogP contribution in [-0.2, 0) is 0 Å². The Hall–Kier alpha value is -2.83. The number of hydrogen-bond acceptors (Lipinski definition) is 5. The molecule has 7 heteroatoms. The number of aryl methyl sites for hydroxylation is 3. The van der Waals surface area contributed by atoms with Crippen LogP contribution in [0.5, 0.6) is 0 Å². The van der Waals surface area contributed by atoms with E-state index in [-0.39, 0.29) is 6.03 Å². The molecule has 0 saturated heterocycles. The average Bonchev–Trinajstić information content (AvgIpc) is 2.50. The molecular formula is C18H26N6O. The highest BCUT2D eigenvalue weighted by Gasteiger charge is 2.03. The fourth-order valence-electron chi connectivity index (χ4n) is 2.52. The Morgan fingerprint density at radius 3 is 2.20 bits per heavy atom. The quantitative estimate of drug-likeness (QED) is 0.581. The number of nitrogens with zero attached hydrogens (tertiary/aromatic N) is 2. The second-order valence-electron chi connectivity index (χ2n) is 5.90. The van der Waals surface area contributed by atoms with Crippen LogP contribution in [-0.4, -0.2) is 35.6 Å². The first-order valence-corrected chi connectivity index (χ1v) is 8.43. The summed E-state index contributed by atoms with van der Waals surface area (Å²) in [6, 6.07) is 7.58. The van der Waals surface area contributed by atoms with Crippen molar-refractivity contribution in [2.45, 2.75) is 27.7 Å². The van der Waals surface area contributed by atoms with Crippen molar-refractivity contribution < 1.29 is 4.79 Å². The molecule has 0 atom stereocenters. The number of hydrogen-bond donors (Lipinski definition) is 4. The van der Waals surface area contributed by atoms with Crippen LogP contribution in [0.2, 0.25) is 0 Å². The summed E-state index contributed by atoms with van der Waals surface area (Å²) >= 11 is 0. The standard InChI is InChI=1S/C18H26N6O/c1-5-19-16-11-17(23-14(4)22-16)20-6-7-21-18(25)24-15-9-12(2)8-13(3)10-15/h8-11H,5-7H2,1-4H3,(H2,21,24,25)(H2,19,20,22,23). The molecule has 4 N–H and O–H groups in total. The highest BCUT2D eigenvalue weighted by Crippen LogP contribution is 2.13. The number of amides is 2. The summed E-state index contributed by atoms with van der Waals surface area (Å²) in [6.07, 6.45) is 0. The number of carbonyl (C=O) groups is 1. The molecule has 0 spiro atoms. The molecule has 0 aliphatic rings. The van der Waals surface area contributed by atoms with Gasteiger partial charge in [0.2, 0.25) is 0 Å². The van der Waals surface area contributed by atoms with Crippen LogP contribution in [0.4, 0.5) is 22.1 Å². The lowest BCUT2D eigenvalue weighted by Gasteiger charge is -2.11. The number of nitrogens with one attached hydrogen (secondary N) is 4. The molecule has 0 radical (unpaired) electrons. The monoisotopic (exact) mass is 342 g/mol. The minimum absolute atomic E-state index is 0.223. The van der Waals surface area contributed by atoms with Crippen LogP contribution >= 0.6 is 0 Å². The maximum atomic E-state index is 12.0. The minimum atomic E-state index is -0.223. The zero-order chi connectivity index (χ0) is 18.2. The third-order valence-corrected chi connectivity index (χ3v) is 3.39. The average molecular weight is 342 g/mol. The summed E-state index contributed by atoms with van der Waals surface area (Å²) in [7, 11) is 0.